The van der Waals surface area contributed by atoms with Gasteiger partial charge in [-0.2, -0.15) is 9.97 Å². The van der Waals surface area contributed by atoms with Crippen LogP contribution in [0.3, 0.4) is 0 Å². The predicted molar refractivity (Wildman–Crippen MR) is 140 cm³/mol. The van der Waals surface area contributed by atoms with Crippen molar-refractivity contribution in [2.24, 2.45) is 0 Å². The van der Waals surface area contributed by atoms with Crippen molar-refractivity contribution in [1.29, 1.82) is 0 Å². The average Bonchev–Trinajstić information content (AvgIpc) is 3.34. The minimum Gasteiger partial charge on any atom is -0.461 e. The van der Waals surface area contributed by atoms with E-state index in [1.807, 2.05) is 27.7 Å². The second-order valence-corrected chi connectivity index (χ2v) is 12.3. The number of anilines is 1. The predicted octanol–water partition coefficient (Wildman–Crippen LogP) is 4.93. The van der Waals surface area contributed by atoms with Gasteiger partial charge in [0.05, 0.1) is 10.0 Å². The van der Waals surface area contributed by atoms with E-state index in [0.717, 1.165) is 19.4 Å². The van der Waals surface area contributed by atoms with Gasteiger partial charge in [0, 0.05) is 44.0 Å². The second-order valence-electron chi connectivity index (χ2n) is 11.4. The fraction of sp³-hybridized carbons (Fsp3) is 0.654. The zero-order valence-corrected chi connectivity index (χ0v) is 23.4. The molecule has 202 valence electrons. The van der Waals surface area contributed by atoms with Crippen LogP contribution in [0.1, 0.15) is 47.0 Å². The molecule has 3 saturated heterocycles. The summed E-state index contributed by atoms with van der Waals surface area (Å²) in [6, 6.07) is 3.40. The standard InChI is InChI=1S/C26H34BrF2N5O3/c1-16-13-32(24(35)37-25(2,3)4)10-11-34(16)22-18-6-7-19(27)20(29)21(18)30-23(31-22)36-15-26-8-5-9-33(26)14-17(28)12-26/h6-7,16-17H,5,8-15H2,1-4H3/t16-,17+,26-/m0/s1. The number of hydrogen-bond donors (Lipinski definition) is 0. The average molecular weight is 582 g/mol. The smallest absolute Gasteiger partial charge is 0.410 e. The Balaban J connectivity index is 1.42. The van der Waals surface area contributed by atoms with Crippen LogP contribution >= 0.6 is 15.9 Å². The van der Waals surface area contributed by atoms with Gasteiger partial charge in [-0.1, -0.05) is 0 Å². The second kappa shape index (κ2) is 9.80. The Morgan fingerprint density at radius 3 is 2.73 bits per heavy atom. The first kappa shape index (κ1) is 26.3. The molecule has 0 bridgehead atoms. The van der Waals surface area contributed by atoms with Crippen LogP contribution in [0.4, 0.5) is 19.4 Å². The third kappa shape index (κ3) is 5.21. The number of hydrogen-bond acceptors (Lipinski definition) is 7. The molecule has 1 aromatic carbocycles. The highest BCUT2D eigenvalue weighted by atomic mass is 79.9. The highest BCUT2D eigenvalue weighted by molar-refractivity contribution is 9.10. The van der Waals surface area contributed by atoms with Crippen molar-refractivity contribution in [2.45, 2.75) is 70.3 Å². The van der Waals surface area contributed by atoms with Gasteiger partial charge in [-0.05, 0) is 75.1 Å². The summed E-state index contributed by atoms with van der Waals surface area (Å²) in [4.78, 5) is 27.7. The summed E-state index contributed by atoms with van der Waals surface area (Å²) >= 11 is 3.26. The van der Waals surface area contributed by atoms with Crippen LogP contribution in [0, 0.1) is 5.82 Å². The third-order valence-electron chi connectivity index (χ3n) is 7.50. The van der Waals surface area contributed by atoms with Gasteiger partial charge in [0.1, 0.15) is 29.7 Å². The highest BCUT2D eigenvalue weighted by Gasteiger charge is 2.49. The molecule has 1 aromatic heterocycles. The summed E-state index contributed by atoms with van der Waals surface area (Å²) in [5, 5.41) is 0.566. The van der Waals surface area contributed by atoms with E-state index in [1.165, 1.54) is 0 Å². The van der Waals surface area contributed by atoms with Crippen LogP contribution in [0.25, 0.3) is 10.9 Å². The fourth-order valence-corrected chi connectivity index (χ4v) is 6.12. The normalized spacial score (nSPS) is 26.6. The molecule has 8 nitrogen and oxygen atoms in total. The lowest BCUT2D eigenvalue weighted by atomic mass is 9.95. The third-order valence-corrected chi connectivity index (χ3v) is 8.11. The van der Waals surface area contributed by atoms with Crippen LogP contribution in [0.2, 0.25) is 0 Å². The molecule has 0 saturated carbocycles. The van der Waals surface area contributed by atoms with Crippen LogP contribution in [-0.4, -0.2) is 88.5 Å². The number of rotatable bonds is 4. The van der Waals surface area contributed by atoms with Gasteiger partial charge in [-0.15, -0.1) is 0 Å². The minimum atomic E-state index is -0.868. The first-order valence-corrected chi connectivity index (χ1v) is 13.7. The Morgan fingerprint density at radius 2 is 2.00 bits per heavy atom. The Morgan fingerprint density at radius 1 is 1.22 bits per heavy atom. The molecule has 0 N–H and O–H groups in total. The van der Waals surface area contributed by atoms with E-state index < -0.39 is 17.6 Å². The lowest BCUT2D eigenvalue weighted by Crippen LogP contribution is -2.55. The number of benzene rings is 1. The van der Waals surface area contributed by atoms with E-state index >= 15 is 4.39 Å². The minimum absolute atomic E-state index is 0.0739. The Kier molecular flexibility index (Phi) is 6.97. The van der Waals surface area contributed by atoms with Gasteiger partial charge < -0.3 is 19.3 Å². The zero-order chi connectivity index (χ0) is 26.5. The molecule has 0 aliphatic carbocycles. The molecular weight excluding hydrogens is 548 g/mol. The maximum Gasteiger partial charge on any atom is 0.410 e. The summed E-state index contributed by atoms with van der Waals surface area (Å²) in [5.41, 5.74) is -0.778. The van der Waals surface area contributed by atoms with Crippen molar-refractivity contribution in [3.05, 3.63) is 22.4 Å². The summed E-state index contributed by atoms with van der Waals surface area (Å²) in [6.07, 6.45) is 1.07. The lowest BCUT2D eigenvalue weighted by molar-refractivity contribution is 0.0218. The van der Waals surface area contributed by atoms with E-state index in [9.17, 15) is 9.18 Å². The molecule has 2 aromatic rings. The zero-order valence-electron chi connectivity index (χ0n) is 21.8. The van der Waals surface area contributed by atoms with E-state index in [1.54, 1.807) is 17.0 Å². The van der Waals surface area contributed by atoms with Crippen LogP contribution in [0.15, 0.2) is 16.6 Å². The molecule has 0 unspecified atom stereocenters. The molecule has 1 amide bonds. The largest absolute Gasteiger partial charge is 0.461 e. The van der Waals surface area contributed by atoms with E-state index in [4.69, 9.17) is 14.5 Å². The van der Waals surface area contributed by atoms with Crippen molar-refractivity contribution in [1.82, 2.24) is 19.8 Å². The highest BCUT2D eigenvalue weighted by Crippen LogP contribution is 2.41. The maximum atomic E-state index is 15.2. The molecule has 3 atom stereocenters. The number of piperazine rings is 1. The number of carbonyl (C=O) groups excluding carboxylic acids is 1. The first-order valence-electron chi connectivity index (χ1n) is 12.9. The van der Waals surface area contributed by atoms with Gasteiger partial charge >= 0.3 is 12.1 Å². The molecule has 4 heterocycles. The van der Waals surface area contributed by atoms with E-state index in [0.29, 0.717) is 48.3 Å². The molecule has 3 aliphatic rings. The van der Waals surface area contributed by atoms with Crippen molar-refractivity contribution < 1.29 is 23.0 Å². The number of fused-ring (bicyclic) bond motifs is 2. The lowest BCUT2D eigenvalue weighted by Gasteiger charge is -2.41. The first-order chi connectivity index (χ1) is 17.5. The summed E-state index contributed by atoms with van der Waals surface area (Å²) in [7, 11) is 0. The van der Waals surface area contributed by atoms with Gasteiger partial charge in [0.15, 0.2) is 5.82 Å². The van der Waals surface area contributed by atoms with E-state index in [-0.39, 0.29) is 35.8 Å². The monoisotopic (exact) mass is 581 g/mol. The van der Waals surface area contributed by atoms with Gasteiger partial charge in [0.25, 0.3) is 0 Å². The van der Waals surface area contributed by atoms with Crippen LogP contribution in [-0.2, 0) is 4.74 Å². The Bertz CT molecular complexity index is 1190. The number of alkyl halides is 1. The van der Waals surface area contributed by atoms with Gasteiger partial charge in [-0.25, -0.2) is 13.6 Å². The number of carbonyl (C=O) groups is 1. The number of halogens is 3. The molecule has 0 spiro atoms. The number of amides is 1. The summed E-state index contributed by atoms with van der Waals surface area (Å²) < 4.78 is 41.4. The molecule has 5 rings (SSSR count). The summed E-state index contributed by atoms with van der Waals surface area (Å²) in [6.45, 7) is 10.4. The van der Waals surface area contributed by atoms with Crippen molar-refractivity contribution in [3.8, 4) is 6.01 Å². The topological polar surface area (TPSA) is 71.0 Å². The maximum absolute atomic E-state index is 15.2. The van der Waals surface area contributed by atoms with Crippen LogP contribution in [0.5, 0.6) is 6.01 Å². The molecule has 0 radical (unpaired) electrons. The number of nitrogens with zero attached hydrogens (tertiary/aromatic N) is 5. The number of ether oxygens (including phenoxy) is 2. The van der Waals surface area contributed by atoms with Crippen LogP contribution < -0.4 is 9.64 Å². The quantitative estimate of drug-likeness (QED) is 0.507. The summed E-state index contributed by atoms with van der Waals surface area (Å²) in [5.74, 6) is 0.0645. The molecule has 3 aliphatic heterocycles. The van der Waals surface area contributed by atoms with E-state index in [2.05, 4.69) is 30.7 Å². The number of aromatic nitrogens is 2. The van der Waals surface area contributed by atoms with Crippen molar-refractivity contribution >= 4 is 38.7 Å². The van der Waals surface area contributed by atoms with Gasteiger partial charge in [-0.3, -0.25) is 4.90 Å². The van der Waals surface area contributed by atoms with Gasteiger partial charge in [0.2, 0.25) is 0 Å². The molecular formula is C26H34BrF2N5O3. The van der Waals surface area contributed by atoms with Crippen molar-refractivity contribution in [3.63, 3.8) is 0 Å². The molecule has 11 heteroatoms. The fourth-order valence-electron chi connectivity index (χ4n) is 5.80. The van der Waals surface area contributed by atoms with Crippen molar-refractivity contribution in [2.75, 3.05) is 44.2 Å². The molecule has 37 heavy (non-hydrogen) atoms. The SMILES string of the molecule is C[C@H]1CN(C(=O)OC(C)(C)C)CCN1c1nc(OC[C@@]23CCCN2C[C@H](F)C3)nc2c(F)c(Br)ccc12. The Hall–Kier alpha value is -2.27. The Labute approximate surface area is 224 Å². The molecule has 3 fully saturated rings.